The van der Waals surface area contributed by atoms with Gasteiger partial charge in [0.15, 0.2) is 5.82 Å². The van der Waals surface area contributed by atoms with Gasteiger partial charge in [0, 0.05) is 31.1 Å². The van der Waals surface area contributed by atoms with Crippen LogP contribution in [0.1, 0.15) is 39.2 Å². The van der Waals surface area contributed by atoms with E-state index < -0.39 is 0 Å². The summed E-state index contributed by atoms with van der Waals surface area (Å²) in [4.78, 5) is 22.9. The maximum absolute atomic E-state index is 12.4. The van der Waals surface area contributed by atoms with Crippen molar-refractivity contribution in [2.75, 3.05) is 26.2 Å². The summed E-state index contributed by atoms with van der Waals surface area (Å²) < 4.78 is 5.24. The fourth-order valence-electron chi connectivity index (χ4n) is 2.66. The van der Waals surface area contributed by atoms with Gasteiger partial charge in [-0.1, -0.05) is 5.16 Å². The molecule has 0 N–H and O–H groups in total. The highest BCUT2D eigenvalue weighted by Gasteiger charge is 2.28. The number of piperazine rings is 1. The highest BCUT2D eigenvalue weighted by atomic mass is 32.1. The van der Waals surface area contributed by atoms with Crippen LogP contribution >= 0.6 is 11.3 Å². The monoisotopic (exact) mass is 320 g/mol. The third-order valence-electron chi connectivity index (χ3n) is 4.00. The fourth-order valence-corrected chi connectivity index (χ4v) is 3.49. The number of aromatic nitrogens is 2. The summed E-state index contributed by atoms with van der Waals surface area (Å²) in [6.45, 7) is 9.00. The number of hydrogen-bond acceptors (Lipinski definition) is 6. The molecule has 118 valence electrons. The molecular weight excluding hydrogens is 300 g/mol. The lowest BCUT2D eigenvalue weighted by Gasteiger charge is -2.36. The van der Waals surface area contributed by atoms with E-state index in [1.54, 1.807) is 11.3 Å². The van der Waals surface area contributed by atoms with Crippen LogP contribution in [0.3, 0.4) is 0 Å². The lowest BCUT2D eigenvalue weighted by molar-refractivity contribution is 0.0556. The first-order valence-electron chi connectivity index (χ1n) is 7.44. The van der Waals surface area contributed by atoms with E-state index in [9.17, 15) is 4.79 Å². The minimum atomic E-state index is 0.0856. The summed E-state index contributed by atoms with van der Waals surface area (Å²) in [5, 5.41) is 3.84. The molecule has 1 atom stereocenters. The van der Waals surface area contributed by atoms with E-state index in [1.165, 1.54) is 4.88 Å². The molecule has 7 heteroatoms. The molecule has 0 bridgehead atoms. The van der Waals surface area contributed by atoms with E-state index in [0.717, 1.165) is 31.1 Å². The molecule has 0 radical (unpaired) electrons. The van der Waals surface area contributed by atoms with Crippen molar-refractivity contribution in [2.24, 2.45) is 0 Å². The molecule has 1 amide bonds. The van der Waals surface area contributed by atoms with Gasteiger partial charge in [-0.15, -0.1) is 11.3 Å². The predicted octanol–water partition coefficient (Wildman–Crippen LogP) is 2.27. The summed E-state index contributed by atoms with van der Waals surface area (Å²) >= 11 is 1.56. The Bertz CT molecular complexity index is 658. The smallest absolute Gasteiger partial charge is 0.264 e. The van der Waals surface area contributed by atoms with Crippen LogP contribution in [0.4, 0.5) is 0 Å². The Morgan fingerprint density at radius 1 is 1.27 bits per heavy atom. The molecule has 2 aromatic rings. The molecule has 3 heterocycles. The van der Waals surface area contributed by atoms with Gasteiger partial charge in [0.2, 0.25) is 5.89 Å². The average molecular weight is 320 g/mol. The minimum Gasteiger partial charge on any atom is -0.338 e. The Balaban J connectivity index is 1.59. The minimum absolute atomic E-state index is 0.0856. The zero-order valence-electron chi connectivity index (χ0n) is 13.1. The molecule has 1 aliphatic heterocycles. The fraction of sp³-hybridized carbons (Fsp3) is 0.533. The van der Waals surface area contributed by atoms with Gasteiger partial charge in [0.25, 0.3) is 5.91 Å². The third kappa shape index (κ3) is 3.05. The summed E-state index contributed by atoms with van der Waals surface area (Å²) in [5.74, 6) is 1.44. The molecule has 6 nitrogen and oxygen atoms in total. The lowest BCUT2D eigenvalue weighted by atomic mass is 10.2. The molecule has 1 unspecified atom stereocenters. The molecule has 22 heavy (non-hydrogen) atoms. The van der Waals surface area contributed by atoms with E-state index in [-0.39, 0.29) is 11.9 Å². The highest BCUT2D eigenvalue weighted by Crippen LogP contribution is 2.22. The van der Waals surface area contributed by atoms with E-state index >= 15 is 0 Å². The van der Waals surface area contributed by atoms with Crippen molar-refractivity contribution in [3.63, 3.8) is 0 Å². The second-order valence-corrected chi connectivity index (χ2v) is 6.88. The number of amides is 1. The van der Waals surface area contributed by atoms with Crippen LogP contribution < -0.4 is 0 Å². The highest BCUT2D eigenvalue weighted by molar-refractivity contribution is 7.13. The van der Waals surface area contributed by atoms with Crippen molar-refractivity contribution < 1.29 is 9.32 Å². The Labute approximate surface area is 133 Å². The summed E-state index contributed by atoms with van der Waals surface area (Å²) in [6.07, 6.45) is 0. The Morgan fingerprint density at radius 3 is 2.55 bits per heavy atom. The molecule has 0 saturated carbocycles. The van der Waals surface area contributed by atoms with Crippen molar-refractivity contribution in [3.8, 4) is 0 Å². The zero-order chi connectivity index (χ0) is 15.7. The second-order valence-electron chi connectivity index (χ2n) is 5.59. The zero-order valence-corrected chi connectivity index (χ0v) is 13.9. The summed E-state index contributed by atoms with van der Waals surface area (Å²) in [6, 6.07) is 3.99. The van der Waals surface area contributed by atoms with Crippen LogP contribution in [-0.2, 0) is 0 Å². The first kappa shape index (κ1) is 15.2. The van der Waals surface area contributed by atoms with Crippen LogP contribution in [0, 0.1) is 13.8 Å². The first-order chi connectivity index (χ1) is 10.5. The number of carbonyl (C=O) groups excluding carboxylic acids is 1. The summed E-state index contributed by atoms with van der Waals surface area (Å²) in [7, 11) is 0. The van der Waals surface area contributed by atoms with Gasteiger partial charge in [-0.2, -0.15) is 4.98 Å². The number of hydrogen-bond donors (Lipinski definition) is 0. The topological polar surface area (TPSA) is 62.5 Å². The maximum Gasteiger partial charge on any atom is 0.264 e. The van der Waals surface area contributed by atoms with Crippen molar-refractivity contribution in [1.29, 1.82) is 0 Å². The van der Waals surface area contributed by atoms with Gasteiger partial charge >= 0.3 is 0 Å². The third-order valence-corrected chi connectivity index (χ3v) is 4.99. The molecule has 0 spiro atoms. The number of carbonyl (C=O) groups is 1. The van der Waals surface area contributed by atoms with E-state index in [2.05, 4.69) is 22.0 Å². The summed E-state index contributed by atoms with van der Waals surface area (Å²) in [5.41, 5.74) is 0. The van der Waals surface area contributed by atoms with Crippen LogP contribution in [0.5, 0.6) is 0 Å². The van der Waals surface area contributed by atoms with Gasteiger partial charge in [-0.25, -0.2) is 0 Å². The van der Waals surface area contributed by atoms with E-state index in [1.807, 2.05) is 30.9 Å². The Morgan fingerprint density at radius 2 is 2.00 bits per heavy atom. The molecule has 2 aromatic heterocycles. The number of rotatable bonds is 3. The van der Waals surface area contributed by atoms with Gasteiger partial charge in [-0.05, 0) is 32.9 Å². The lowest BCUT2D eigenvalue weighted by Crippen LogP contribution is -2.49. The van der Waals surface area contributed by atoms with E-state index in [4.69, 9.17) is 4.52 Å². The Kier molecular flexibility index (Phi) is 4.26. The predicted molar refractivity (Wildman–Crippen MR) is 84.0 cm³/mol. The molecule has 1 aliphatic rings. The van der Waals surface area contributed by atoms with Crippen LogP contribution in [-0.4, -0.2) is 52.0 Å². The van der Waals surface area contributed by atoms with Gasteiger partial charge in [0.05, 0.1) is 10.9 Å². The number of thiophene rings is 1. The first-order valence-corrected chi connectivity index (χ1v) is 8.26. The van der Waals surface area contributed by atoms with Crippen LogP contribution in [0.25, 0.3) is 0 Å². The van der Waals surface area contributed by atoms with Crippen LogP contribution in [0.2, 0.25) is 0 Å². The van der Waals surface area contributed by atoms with E-state index in [0.29, 0.717) is 11.7 Å². The SMILES string of the molecule is Cc1noc(C(C)N2CCN(C(=O)c3ccc(C)s3)CC2)n1. The molecule has 0 aliphatic carbocycles. The Hall–Kier alpha value is -1.73. The normalized spacial score (nSPS) is 17.7. The van der Waals surface area contributed by atoms with Crippen molar-refractivity contribution in [2.45, 2.75) is 26.8 Å². The largest absolute Gasteiger partial charge is 0.338 e. The second kappa shape index (κ2) is 6.18. The average Bonchev–Trinajstić information content (AvgIpc) is 3.14. The standard InChI is InChI=1S/C15H20N4O2S/c1-10-4-5-13(22-10)15(20)19-8-6-18(7-9-19)11(2)14-16-12(3)17-21-14/h4-5,11H,6-9H2,1-3H3. The number of aryl methyl sites for hydroxylation is 2. The van der Waals surface area contributed by atoms with Crippen molar-refractivity contribution >= 4 is 17.2 Å². The maximum atomic E-state index is 12.4. The molecule has 0 aromatic carbocycles. The number of nitrogens with zero attached hydrogens (tertiary/aromatic N) is 4. The van der Waals surface area contributed by atoms with Gasteiger partial charge in [-0.3, -0.25) is 9.69 Å². The molecular formula is C15H20N4O2S. The van der Waals surface area contributed by atoms with Crippen molar-refractivity contribution in [3.05, 3.63) is 33.6 Å². The van der Waals surface area contributed by atoms with Crippen molar-refractivity contribution in [1.82, 2.24) is 19.9 Å². The molecule has 1 saturated heterocycles. The van der Waals surface area contributed by atoms with Gasteiger partial charge in [0.1, 0.15) is 0 Å². The van der Waals surface area contributed by atoms with Gasteiger partial charge < -0.3 is 9.42 Å². The van der Waals surface area contributed by atoms with Crippen LogP contribution in [0.15, 0.2) is 16.7 Å². The molecule has 1 fully saturated rings. The quantitative estimate of drug-likeness (QED) is 0.868. The molecule has 3 rings (SSSR count).